The highest BCUT2D eigenvalue weighted by molar-refractivity contribution is 7.99. The Labute approximate surface area is 197 Å². The summed E-state index contributed by atoms with van der Waals surface area (Å²) >= 11 is 1.23. The molecule has 2 N–H and O–H groups in total. The number of para-hydroxylation sites is 1. The number of thioether (sulfide) groups is 1. The van der Waals surface area contributed by atoms with E-state index in [0.29, 0.717) is 55.1 Å². The Morgan fingerprint density at radius 2 is 2.09 bits per heavy atom. The molecule has 1 aromatic heterocycles. The second-order valence-corrected chi connectivity index (χ2v) is 8.84. The van der Waals surface area contributed by atoms with E-state index in [1.165, 1.54) is 11.8 Å². The van der Waals surface area contributed by atoms with Gasteiger partial charge in [-0.3, -0.25) is 19.0 Å². The molecule has 1 atom stereocenters. The van der Waals surface area contributed by atoms with E-state index in [0.717, 1.165) is 25.9 Å². The van der Waals surface area contributed by atoms with Crippen LogP contribution in [0.15, 0.2) is 34.2 Å². The van der Waals surface area contributed by atoms with Gasteiger partial charge in [0, 0.05) is 46.4 Å². The fourth-order valence-corrected chi connectivity index (χ4v) is 4.45. The minimum Gasteiger partial charge on any atom is -0.385 e. The zero-order valence-electron chi connectivity index (χ0n) is 19.0. The zero-order valence-corrected chi connectivity index (χ0v) is 19.8. The lowest BCUT2D eigenvalue weighted by molar-refractivity contribution is -0.121. The quantitative estimate of drug-likeness (QED) is 0.257. The highest BCUT2D eigenvalue weighted by Gasteiger charge is 2.17. The number of nitrogens with zero attached hydrogens (tertiary/aromatic N) is 2. The van der Waals surface area contributed by atoms with Crippen molar-refractivity contribution >= 4 is 34.5 Å². The number of amides is 2. The first kappa shape index (κ1) is 25.2. The van der Waals surface area contributed by atoms with Gasteiger partial charge in [0.25, 0.3) is 5.56 Å². The summed E-state index contributed by atoms with van der Waals surface area (Å²) in [4.78, 5) is 42.1. The van der Waals surface area contributed by atoms with Crippen LogP contribution in [0.3, 0.4) is 0 Å². The highest BCUT2D eigenvalue weighted by Crippen LogP contribution is 2.18. The van der Waals surface area contributed by atoms with Gasteiger partial charge in [-0.25, -0.2) is 4.98 Å². The summed E-state index contributed by atoms with van der Waals surface area (Å²) in [6, 6.07) is 7.16. The van der Waals surface area contributed by atoms with Crippen LogP contribution in [0.25, 0.3) is 10.9 Å². The second-order valence-electron chi connectivity index (χ2n) is 7.90. The topological polar surface area (TPSA) is 112 Å². The first-order chi connectivity index (χ1) is 16.1. The molecule has 0 unspecified atom stereocenters. The fraction of sp³-hybridized carbons (Fsp3) is 0.565. The highest BCUT2D eigenvalue weighted by atomic mass is 32.2. The number of hydrogen-bond donors (Lipinski definition) is 2. The molecule has 1 fully saturated rings. The molecule has 10 heteroatoms. The lowest BCUT2D eigenvalue weighted by Crippen LogP contribution is -2.32. The predicted octanol–water partition coefficient (Wildman–Crippen LogP) is 1.72. The minimum absolute atomic E-state index is 0.0584. The van der Waals surface area contributed by atoms with Gasteiger partial charge in [-0.15, -0.1) is 0 Å². The zero-order chi connectivity index (χ0) is 23.5. The molecule has 1 aliphatic heterocycles. The number of aromatic nitrogens is 2. The van der Waals surface area contributed by atoms with Crippen molar-refractivity contribution in [2.24, 2.45) is 0 Å². The summed E-state index contributed by atoms with van der Waals surface area (Å²) in [6.07, 6.45) is 3.64. The largest absolute Gasteiger partial charge is 0.385 e. The van der Waals surface area contributed by atoms with Gasteiger partial charge in [-0.1, -0.05) is 23.9 Å². The maximum atomic E-state index is 13.1. The number of carbonyl (C=O) groups excluding carboxylic acids is 2. The third kappa shape index (κ3) is 7.83. The number of methoxy groups -OCH3 is 1. The Kier molecular flexibility index (Phi) is 10.2. The normalized spacial score (nSPS) is 15.6. The van der Waals surface area contributed by atoms with E-state index in [1.54, 1.807) is 29.9 Å². The fourth-order valence-electron chi connectivity index (χ4n) is 3.60. The van der Waals surface area contributed by atoms with Crippen LogP contribution in [-0.2, 0) is 25.6 Å². The van der Waals surface area contributed by atoms with Gasteiger partial charge in [-0.05, 0) is 37.8 Å². The number of ether oxygens (including phenoxy) is 2. The number of nitrogens with one attached hydrogen (secondary N) is 2. The monoisotopic (exact) mass is 476 g/mol. The molecule has 0 aliphatic carbocycles. The van der Waals surface area contributed by atoms with Crippen LogP contribution in [0, 0.1) is 0 Å². The SMILES string of the molecule is COCCCNC(=O)CSc1nc2ccccc2c(=O)n1CCCC(=O)NC[C@H]1CCCO1. The number of rotatable bonds is 13. The van der Waals surface area contributed by atoms with Crippen LogP contribution in [0.5, 0.6) is 0 Å². The van der Waals surface area contributed by atoms with E-state index < -0.39 is 0 Å². The van der Waals surface area contributed by atoms with Crippen LogP contribution in [0.2, 0.25) is 0 Å². The van der Waals surface area contributed by atoms with E-state index in [9.17, 15) is 14.4 Å². The van der Waals surface area contributed by atoms with Crippen LogP contribution in [0.1, 0.15) is 32.1 Å². The van der Waals surface area contributed by atoms with Gasteiger partial charge in [0.05, 0.1) is 22.8 Å². The summed E-state index contributed by atoms with van der Waals surface area (Å²) in [7, 11) is 1.62. The van der Waals surface area contributed by atoms with Crippen molar-refractivity contribution in [2.45, 2.75) is 49.9 Å². The molecule has 180 valence electrons. The van der Waals surface area contributed by atoms with Crippen molar-refractivity contribution in [3.8, 4) is 0 Å². The summed E-state index contributed by atoms with van der Waals surface area (Å²) < 4.78 is 12.1. The molecule has 1 aliphatic rings. The molecule has 3 rings (SSSR count). The molecule has 1 saturated heterocycles. The molecule has 0 saturated carbocycles. The van der Waals surface area contributed by atoms with Crippen LogP contribution >= 0.6 is 11.8 Å². The van der Waals surface area contributed by atoms with Gasteiger partial charge < -0.3 is 20.1 Å². The third-order valence-corrected chi connectivity index (χ3v) is 6.32. The van der Waals surface area contributed by atoms with Gasteiger partial charge >= 0.3 is 0 Å². The lowest BCUT2D eigenvalue weighted by atomic mass is 10.2. The lowest BCUT2D eigenvalue weighted by Gasteiger charge is -2.14. The second kappa shape index (κ2) is 13.3. The molecular weight excluding hydrogens is 444 g/mol. The first-order valence-corrected chi connectivity index (χ1v) is 12.3. The molecule has 1 aromatic carbocycles. The van der Waals surface area contributed by atoms with Gasteiger partial charge in [0.15, 0.2) is 5.16 Å². The summed E-state index contributed by atoms with van der Waals surface area (Å²) in [5.41, 5.74) is 0.430. The molecule has 0 bridgehead atoms. The molecular formula is C23H32N4O5S. The van der Waals surface area contributed by atoms with Crippen LogP contribution < -0.4 is 16.2 Å². The van der Waals surface area contributed by atoms with Crippen molar-refractivity contribution in [1.82, 2.24) is 20.2 Å². The Bertz CT molecular complexity index is 990. The van der Waals surface area contributed by atoms with Crippen LogP contribution in [-0.4, -0.2) is 66.6 Å². The van der Waals surface area contributed by atoms with Crippen molar-refractivity contribution in [3.63, 3.8) is 0 Å². The Balaban J connectivity index is 1.59. The molecule has 9 nitrogen and oxygen atoms in total. The van der Waals surface area contributed by atoms with E-state index in [4.69, 9.17) is 9.47 Å². The molecule has 2 heterocycles. The first-order valence-electron chi connectivity index (χ1n) is 11.3. The van der Waals surface area contributed by atoms with E-state index >= 15 is 0 Å². The Morgan fingerprint density at radius 3 is 2.88 bits per heavy atom. The van der Waals surface area contributed by atoms with Crippen molar-refractivity contribution in [2.75, 3.05) is 39.2 Å². The van der Waals surface area contributed by atoms with Crippen molar-refractivity contribution < 1.29 is 19.1 Å². The van der Waals surface area contributed by atoms with E-state index in [1.807, 2.05) is 6.07 Å². The summed E-state index contributed by atoms with van der Waals surface area (Å²) in [6.45, 7) is 2.75. The maximum Gasteiger partial charge on any atom is 0.262 e. The number of fused-ring (bicyclic) bond motifs is 1. The predicted molar refractivity (Wildman–Crippen MR) is 127 cm³/mol. The summed E-state index contributed by atoms with van der Waals surface area (Å²) in [5, 5.41) is 6.74. The van der Waals surface area contributed by atoms with Gasteiger partial charge in [0.1, 0.15) is 0 Å². The smallest absolute Gasteiger partial charge is 0.262 e. The van der Waals surface area contributed by atoms with E-state index in [-0.39, 0.29) is 29.2 Å². The molecule has 2 aromatic rings. The molecule has 0 radical (unpaired) electrons. The van der Waals surface area contributed by atoms with E-state index in [2.05, 4.69) is 15.6 Å². The Hall–Kier alpha value is -2.43. The summed E-state index contributed by atoms with van der Waals surface area (Å²) in [5.74, 6) is -0.0323. The van der Waals surface area contributed by atoms with Gasteiger partial charge in [-0.2, -0.15) is 0 Å². The Morgan fingerprint density at radius 1 is 1.24 bits per heavy atom. The standard InChI is InChI=1S/C23H32N4O5S/c1-31-13-6-11-24-21(29)16-33-23-26-19-9-3-2-8-18(19)22(30)27(23)12-4-10-20(28)25-15-17-7-5-14-32-17/h2-3,8-9,17H,4-7,10-16H2,1H3,(H,24,29)(H,25,28)/t17-/m1/s1. The van der Waals surface area contributed by atoms with Gasteiger partial charge in [0.2, 0.25) is 11.8 Å². The molecule has 33 heavy (non-hydrogen) atoms. The van der Waals surface area contributed by atoms with Crippen molar-refractivity contribution in [3.05, 3.63) is 34.6 Å². The van der Waals surface area contributed by atoms with Crippen molar-refractivity contribution in [1.29, 1.82) is 0 Å². The number of benzene rings is 1. The number of hydrogen-bond acceptors (Lipinski definition) is 7. The minimum atomic E-state index is -0.164. The average molecular weight is 477 g/mol. The molecule has 0 spiro atoms. The average Bonchev–Trinajstić information content (AvgIpc) is 3.34. The maximum absolute atomic E-state index is 13.1. The van der Waals surface area contributed by atoms with Crippen LogP contribution in [0.4, 0.5) is 0 Å². The third-order valence-electron chi connectivity index (χ3n) is 5.34. The number of carbonyl (C=O) groups is 2. The molecule has 2 amide bonds.